The van der Waals surface area contributed by atoms with Gasteiger partial charge in [-0.05, 0) is 32.0 Å². The molecule has 2 aromatic heterocycles. The molecule has 26 heavy (non-hydrogen) atoms. The van der Waals surface area contributed by atoms with Crippen molar-refractivity contribution in [1.29, 1.82) is 0 Å². The van der Waals surface area contributed by atoms with Crippen LogP contribution in [0.25, 0.3) is 11.0 Å². The van der Waals surface area contributed by atoms with Crippen LogP contribution >= 0.6 is 0 Å². The number of alkyl halides is 2. The summed E-state index contributed by atoms with van der Waals surface area (Å²) in [5, 5.41) is 9.89. The molecule has 0 radical (unpaired) electrons. The number of rotatable bonds is 4. The predicted octanol–water partition coefficient (Wildman–Crippen LogP) is 2.23. The van der Waals surface area contributed by atoms with E-state index in [0.717, 1.165) is 13.8 Å². The normalized spacial score (nSPS) is 12.7. The number of hydrogen-bond acceptors (Lipinski definition) is 4. The molecule has 0 saturated heterocycles. The van der Waals surface area contributed by atoms with Gasteiger partial charge in [0.15, 0.2) is 0 Å². The van der Waals surface area contributed by atoms with Gasteiger partial charge in [0.1, 0.15) is 11.4 Å². The number of nitrogens with zero attached hydrogens (tertiary/aromatic N) is 3. The first-order chi connectivity index (χ1) is 12.0. The second-order valence-corrected chi connectivity index (χ2v) is 6.79. The van der Waals surface area contributed by atoms with E-state index >= 15 is 0 Å². The highest BCUT2D eigenvalue weighted by molar-refractivity contribution is 5.80. The van der Waals surface area contributed by atoms with Crippen LogP contribution in [0.2, 0.25) is 0 Å². The summed E-state index contributed by atoms with van der Waals surface area (Å²) in [6, 6.07) is 7.54. The maximum Gasteiger partial charge on any atom is 0.302 e. The summed E-state index contributed by atoms with van der Waals surface area (Å²) in [4.78, 5) is 16.4. The summed E-state index contributed by atoms with van der Waals surface area (Å²) in [7, 11) is 1.69. The Kier molecular flexibility index (Phi) is 4.11. The molecule has 3 N–H and O–H groups in total. The topological polar surface area (TPSA) is 86.1 Å². The highest BCUT2D eigenvalue weighted by Crippen LogP contribution is 2.41. The lowest BCUT2D eigenvalue weighted by atomic mass is 9.92. The van der Waals surface area contributed by atoms with Crippen molar-refractivity contribution >= 4 is 16.7 Å². The Balaban J connectivity index is 2.16. The van der Waals surface area contributed by atoms with E-state index in [-0.39, 0.29) is 28.9 Å². The molecule has 138 valence electrons. The van der Waals surface area contributed by atoms with Gasteiger partial charge in [-0.25, -0.2) is 4.98 Å². The average molecular weight is 362 g/mol. The van der Waals surface area contributed by atoms with E-state index in [9.17, 15) is 18.7 Å². The maximum absolute atomic E-state index is 14.7. The number of halogens is 2. The number of hydrogen-bond donors (Lipinski definition) is 2. The fourth-order valence-electron chi connectivity index (χ4n) is 2.82. The quantitative estimate of drug-likeness (QED) is 0.745. The summed E-state index contributed by atoms with van der Waals surface area (Å²) in [5.74, 6) is -3.07. The molecule has 0 aliphatic carbocycles. The maximum atomic E-state index is 14.7. The Hall–Kier alpha value is -2.74. The van der Waals surface area contributed by atoms with Gasteiger partial charge in [0.25, 0.3) is 5.56 Å². The monoisotopic (exact) mass is 362 g/mol. The second-order valence-electron chi connectivity index (χ2n) is 6.79. The molecule has 0 aliphatic rings. The smallest absolute Gasteiger partial charge is 0.302 e. The third-order valence-corrected chi connectivity index (χ3v) is 4.47. The minimum Gasteiger partial charge on any atom is -0.394 e. The minimum atomic E-state index is -3.49. The fourth-order valence-corrected chi connectivity index (χ4v) is 2.82. The van der Waals surface area contributed by atoms with Crippen molar-refractivity contribution in [2.24, 2.45) is 7.05 Å². The van der Waals surface area contributed by atoms with E-state index < -0.39 is 11.5 Å². The predicted molar refractivity (Wildman–Crippen MR) is 95.1 cm³/mol. The van der Waals surface area contributed by atoms with Gasteiger partial charge in [0.05, 0.1) is 28.8 Å². The Bertz CT molecular complexity index is 1030. The molecule has 0 bridgehead atoms. The zero-order valence-corrected chi connectivity index (χ0v) is 14.7. The first-order valence-corrected chi connectivity index (χ1v) is 8.04. The van der Waals surface area contributed by atoms with Crippen molar-refractivity contribution in [2.45, 2.75) is 31.9 Å². The number of benzene rings is 1. The van der Waals surface area contributed by atoms with Crippen LogP contribution < -0.4 is 11.3 Å². The summed E-state index contributed by atoms with van der Waals surface area (Å²) < 4.78 is 32.4. The van der Waals surface area contributed by atoms with Gasteiger partial charge in [-0.15, -0.1) is 0 Å². The highest BCUT2D eigenvalue weighted by Gasteiger charge is 2.48. The molecule has 0 fully saturated rings. The Labute approximate surface area is 148 Å². The third kappa shape index (κ3) is 2.76. The lowest BCUT2D eigenvalue weighted by Gasteiger charge is -2.29. The second kappa shape index (κ2) is 5.91. The Morgan fingerprint density at radius 2 is 1.92 bits per heavy atom. The van der Waals surface area contributed by atoms with Crippen LogP contribution in [0.5, 0.6) is 0 Å². The van der Waals surface area contributed by atoms with E-state index in [2.05, 4.69) is 4.98 Å². The summed E-state index contributed by atoms with van der Waals surface area (Å²) >= 11 is 0. The van der Waals surface area contributed by atoms with Crippen LogP contribution in [0.15, 0.2) is 41.3 Å². The number of pyridine rings is 1. The van der Waals surface area contributed by atoms with E-state index in [0.29, 0.717) is 11.3 Å². The average Bonchev–Trinajstić information content (AvgIpc) is 2.87. The molecule has 0 amide bonds. The molecular weight excluding hydrogens is 342 g/mol. The first kappa shape index (κ1) is 18.1. The molecule has 0 atom stereocenters. The van der Waals surface area contributed by atoms with Gasteiger partial charge >= 0.3 is 5.92 Å². The molecule has 0 unspecified atom stereocenters. The van der Waals surface area contributed by atoms with Gasteiger partial charge in [-0.1, -0.05) is 12.1 Å². The largest absolute Gasteiger partial charge is 0.394 e. The lowest BCUT2D eigenvalue weighted by Crippen LogP contribution is -2.40. The van der Waals surface area contributed by atoms with Crippen molar-refractivity contribution in [3.63, 3.8) is 0 Å². The van der Waals surface area contributed by atoms with Crippen LogP contribution in [0.3, 0.4) is 0 Å². The number of imidazole rings is 1. The highest BCUT2D eigenvalue weighted by atomic mass is 19.3. The van der Waals surface area contributed by atoms with Gasteiger partial charge < -0.3 is 20.0 Å². The molecule has 3 aromatic rings. The summed E-state index contributed by atoms with van der Waals surface area (Å²) in [6.45, 7) is 2.20. The van der Waals surface area contributed by atoms with E-state index in [4.69, 9.17) is 5.73 Å². The van der Waals surface area contributed by atoms with E-state index in [1.165, 1.54) is 22.8 Å². The molecule has 8 heteroatoms. The van der Waals surface area contributed by atoms with Crippen molar-refractivity contribution in [3.05, 3.63) is 58.3 Å². The molecule has 3 rings (SSSR count). The van der Waals surface area contributed by atoms with Gasteiger partial charge in [0.2, 0.25) is 0 Å². The van der Waals surface area contributed by atoms with Crippen LogP contribution in [0.4, 0.5) is 14.5 Å². The van der Waals surface area contributed by atoms with E-state index in [1.807, 2.05) is 0 Å². The minimum absolute atomic E-state index is 0.0859. The number of nitrogens with two attached hydrogens (primary N) is 1. The SMILES string of the molecule is Cn1c(Cn2cccc(N)c2=O)nc2c(C(F)(F)C(C)(C)O)cccc21. The van der Waals surface area contributed by atoms with Crippen LogP contribution in [0, 0.1) is 0 Å². The number of para-hydroxylation sites is 1. The van der Waals surface area contributed by atoms with Crippen molar-refractivity contribution in [1.82, 2.24) is 14.1 Å². The first-order valence-electron chi connectivity index (χ1n) is 8.04. The Morgan fingerprint density at radius 1 is 1.23 bits per heavy atom. The van der Waals surface area contributed by atoms with E-state index in [1.54, 1.807) is 29.9 Å². The van der Waals surface area contributed by atoms with Crippen LogP contribution in [0.1, 0.15) is 25.2 Å². The number of aliphatic hydroxyl groups is 1. The number of fused-ring (bicyclic) bond motifs is 1. The van der Waals surface area contributed by atoms with Crippen molar-refractivity contribution in [3.8, 4) is 0 Å². The zero-order chi connectivity index (χ0) is 19.3. The van der Waals surface area contributed by atoms with Gasteiger partial charge in [-0.3, -0.25) is 4.79 Å². The lowest BCUT2D eigenvalue weighted by molar-refractivity contribution is -0.167. The Morgan fingerprint density at radius 3 is 2.58 bits per heavy atom. The molecule has 6 nitrogen and oxygen atoms in total. The molecule has 0 spiro atoms. The van der Waals surface area contributed by atoms with Crippen LogP contribution in [-0.2, 0) is 19.5 Å². The molecule has 1 aromatic carbocycles. The fraction of sp³-hybridized carbons (Fsp3) is 0.333. The third-order valence-electron chi connectivity index (χ3n) is 4.47. The van der Waals surface area contributed by atoms with Crippen molar-refractivity contribution < 1.29 is 13.9 Å². The summed E-state index contributed by atoms with van der Waals surface area (Å²) in [5.41, 5.74) is 3.33. The number of aryl methyl sites for hydroxylation is 1. The van der Waals surface area contributed by atoms with Gasteiger partial charge in [-0.2, -0.15) is 8.78 Å². The van der Waals surface area contributed by atoms with Crippen molar-refractivity contribution in [2.75, 3.05) is 5.73 Å². The molecule has 2 heterocycles. The molecule has 0 saturated carbocycles. The summed E-state index contributed by atoms with van der Waals surface area (Å²) in [6.07, 6.45) is 1.56. The standard InChI is InChI=1S/C18H20F2N4O2/c1-17(2,26)18(19,20)11-6-4-8-13-15(11)22-14(23(13)3)10-24-9-5-7-12(21)16(24)25/h4-9,26H,10,21H2,1-3H3. The van der Waals surface area contributed by atoms with Gasteiger partial charge in [0, 0.05) is 13.2 Å². The molecule has 0 aliphatic heterocycles. The number of anilines is 1. The molecular formula is C18H20F2N4O2. The number of aromatic nitrogens is 3. The zero-order valence-electron chi connectivity index (χ0n) is 14.7. The van der Waals surface area contributed by atoms with Crippen LogP contribution in [-0.4, -0.2) is 24.8 Å². The number of nitrogen functional groups attached to an aromatic ring is 1.